The Balaban J connectivity index is 2.06. The number of nitrogens with zero attached hydrogens (tertiary/aromatic N) is 2. The Morgan fingerprint density at radius 2 is 2.13 bits per heavy atom. The number of pyridine rings is 1. The van der Waals surface area contributed by atoms with E-state index in [1.54, 1.807) is 25.4 Å². The fourth-order valence-corrected chi connectivity index (χ4v) is 3.12. The van der Waals surface area contributed by atoms with Gasteiger partial charge in [-0.2, -0.15) is 0 Å². The molecule has 1 N–H and O–H groups in total. The normalized spacial score (nSPS) is 17.5. The standard InChI is InChI=1S/C18H22FN3O/c1-23-17-7-6-14(19)13-15(17)18(16-5-2-3-9-21-16)22-11-4-8-20-10-12-22/h2-3,5-7,9,13,18,20H,4,8,10-12H2,1H3. The average Bonchev–Trinajstić information content (AvgIpc) is 2.86. The highest BCUT2D eigenvalue weighted by Crippen LogP contribution is 2.34. The van der Waals surface area contributed by atoms with Crippen LogP contribution in [0.4, 0.5) is 4.39 Å². The summed E-state index contributed by atoms with van der Waals surface area (Å²) >= 11 is 0. The van der Waals surface area contributed by atoms with Crippen molar-refractivity contribution in [1.82, 2.24) is 15.2 Å². The molecule has 1 aromatic carbocycles. The minimum atomic E-state index is -0.255. The van der Waals surface area contributed by atoms with Crippen molar-refractivity contribution in [2.45, 2.75) is 12.5 Å². The Bertz CT molecular complexity index is 627. The van der Waals surface area contributed by atoms with Crippen molar-refractivity contribution in [3.63, 3.8) is 0 Å². The van der Waals surface area contributed by atoms with Crippen LogP contribution >= 0.6 is 0 Å². The van der Waals surface area contributed by atoms with Gasteiger partial charge < -0.3 is 10.1 Å². The molecule has 1 aliphatic rings. The number of hydrogen-bond donors (Lipinski definition) is 1. The minimum absolute atomic E-state index is 0.109. The van der Waals surface area contributed by atoms with Crippen LogP contribution in [0.2, 0.25) is 0 Å². The molecule has 23 heavy (non-hydrogen) atoms. The van der Waals surface area contributed by atoms with E-state index in [1.807, 2.05) is 18.2 Å². The lowest BCUT2D eigenvalue weighted by Crippen LogP contribution is -2.33. The lowest BCUT2D eigenvalue weighted by atomic mass is 9.99. The number of hydrogen-bond acceptors (Lipinski definition) is 4. The van der Waals surface area contributed by atoms with Crippen molar-refractivity contribution in [2.75, 3.05) is 33.3 Å². The van der Waals surface area contributed by atoms with Crippen LogP contribution in [0, 0.1) is 5.82 Å². The van der Waals surface area contributed by atoms with E-state index in [1.165, 1.54) is 6.07 Å². The molecule has 1 atom stereocenters. The van der Waals surface area contributed by atoms with Gasteiger partial charge >= 0.3 is 0 Å². The molecule has 0 amide bonds. The molecule has 1 unspecified atom stereocenters. The lowest BCUT2D eigenvalue weighted by molar-refractivity contribution is 0.232. The van der Waals surface area contributed by atoms with Crippen molar-refractivity contribution in [1.29, 1.82) is 0 Å². The fourth-order valence-electron chi connectivity index (χ4n) is 3.12. The summed E-state index contributed by atoms with van der Waals surface area (Å²) in [6.07, 6.45) is 2.84. The molecule has 2 aromatic rings. The Hall–Kier alpha value is -1.98. The minimum Gasteiger partial charge on any atom is -0.496 e. The Morgan fingerprint density at radius 1 is 1.22 bits per heavy atom. The van der Waals surface area contributed by atoms with Crippen LogP contribution in [0.25, 0.3) is 0 Å². The Kier molecular flexibility index (Phi) is 5.20. The van der Waals surface area contributed by atoms with E-state index in [0.29, 0.717) is 5.75 Å². The first kappa shape index (κ1) is 15.9. The molecule has 0 saturated carbocycles. The third-order valence-corrected chi connectivity index (χ3v) is 4.19. The smallest absolute Gasteiger partial charge is 0.124 e. The van der Waals surface area contributed by atoms with E-state index >= 15 is 0 Å². The van der Waals surface area contributed by atoms with Gasteiger partial charge in [0.25, 0.3) is 0 Å². The highest BCUT2D eigenvalue weighted by atomic mass is 19.1. The molecule has 122 valence electrons. The van der Waals surface area contributed by atoms with Crippen molar-refractivity contribution >= 4 is 0 Å². The van der Waals surface area contributed by atoms with Crippen molar-refractivity contribution in [3.8, 4) is 5.75 Å². The van der Waals surface area contributed by atoms with Gasteiger partial charge in [0.05, 0.1) is 18.8 Å². The predicted octanol–water partition coefficient (Wildman–Crippen LogP) is 2.61. The molecule has 0 spiro atoms. The molecule has 0 radical (unpaired) electrons. The summed E-state index contributed by atoms with van der Waals surface area (Å²) in [5.74, 6) is 0.439. The molecular formula is C18H22FN3O. The second-order valence-electron chi connectivity index (χ2n) is 5.68. The second kappa shape index (κ2) is 7.53. The van der Waals surface area contributed by atoms with Crippen LogP contribution in [0.1, 0.15) is 23.7 Å². The molecule has 2 heterocycles. The third-order valence-electron chi connectivity index (χ3n) is 4.19. The van der Waals surface area contributed by atoms with Crippen molar-refractivity contribution in [3.05, 3.63) is 59.7 Å². The van der Waals surface area contributed by atoms with Gasteiger partial charge in [0.15, 0.2) is 0 Å². The number of benzene rings is 1. The molecule has 1 saturated heterocycles. The molecule has 5 heteroatoms. The van der Waals surface area contributed by atoms with Crippen LogP contribution in [0.3, 0.4) is 0 Å². The van der Waals surface area contributed by atoms with Crippen LogP contribution in [-0.4, -0.2) is 43.2 Å². The summed E-state index contributed by atoms with van der Waals surface area (Å²) < 4.78 is 19.4. The Morgan fingerprint density at radius 3 is 2.91 bits per heavy atom. The largest absolute Gasteiger partial charge is 0.496 e. The molecule has 0 bridgehead atoms. The molecule has 0 aliphatic carbocycles. The second-order valence-corrected chi connectivity index (χ2v) is 5.68. The van der Waals surface area contributed by atoms with Gasteiger partial charge in [0, 0.05) is 31.4 Å². The van der Waals surface area contributed by atoms with E-state index in [4.69, 9.17) is 4.74 Å². The zero-order valence-corrected chi connectivity index (χ0v) is 13.3. The van der Waals surface area contributed by atoms with Gasteiger partial charge in [0.2, 0.25) is 0 Å². The van der Waals surface area contributed by atoms with Crippen LogP contribution in [0.15, 0.2) is 42.6 Å². The van der Waals surface area contributed by atoms with Gasteiger partial charge in [-0.3, -0.25) is 9.88 Å². The molecular weight excluding hydrogens is 293 g/mol. The summed E-state index contributed by atoms with van der Waals surface area (Å²) in [7, 11) is 1.62. The molecule has 1 aliphatic heterocycles. The maximum Gasteiger partial charge on any atom is 0.124 e. The highest BCUT2D eigenvalue weighted by molar-refractivity contribution is 5.40. The SMILES string of the molecule is COc1ccc(F)cc1C(c1ccccn1)N1CCCNCC1. The lowest BCUT2D eigenvalue weighted by Gasteiger charge is -2.31. The summed E-state index contributed by atoms with van der Waals surface area (Å²) in [4.78, 5) is 6.87. The van der Waals surface area contributed by atoms with E-state index in [9.17, 15) is 4.39 Å². The molecule has 4 nitrogen and oxygen atoms in total. The molecule has 1 fully saturated rings. The summed E-state index contributed by atoms with van der Waals surface area (Å²) in [5.41, 5.74) is 1.74. The fraction of sp³-hybridized carbons (Fsp3) is 0.389. The summed E-state index contributed by atoms with van der Waals surface area (Å²) in [6, 6.07) is 10.4. The predicted molar refractivity (Wildman–Crippen MR) is 88.1 cm³/mol. The molecule has 1 aromatic heterocycles. The van der Waals surface area contributed by atoms with E-state index in [0.717, 1.165) is 43.9 Å². The van der Waals surface area contributed by atoms with Gasteiger partial charge in [0.1, 0.15) is 11.6 Å². The zero-order valence-electron chi connectivity index (χ0n) is 13.3. The van der Waals surface area contributed by atoms with Crippen molar-refractivity contribution < 1.29 is 9.13 Å². The Labute approximate surface area is 136 Å². The number of methoxy groups -OCH3 is 1. The van der Waals surface area contributed by atoms with Crippen LogP contribution in [0.5, 0.6) is 5.75 Å². The monoisotopic (exact) mass is 315 g/mol. The summed E-state index contributed by atoms with van der Waals surface area (Å²) in [6.45, 7) is 3.75. The van der Waals surface area contributed by atoms with Gasteiger partial charge in [-0.25, -0.2) is 4.39 Å². The topological polar surface area (TPSA) is 37.4 Å². The van der Waals surface area contributed by atoms with E-state index in [2.05, 4.69) is 15.2 Å². The first-order valence-electron chi connectivity index (χ1n) is 7.98. The maximum absolute atomic E-state index is 13.9. The van der Waals surface area contributed by atoms with Gasteiger partial charge in [-0.05, 0) is 43.3 Å². The van der Waals surface area contributed by atoms with Crippen LogP contribution in [-0.2, 0) is 0 Å². The van der Waals surface area contributed by atoms with E-state index in [-0.39, 0.29) is 11.9 Å². The number of nitrogens with one attached hydrogen (secondary N) is 1. The van der Waals surface area contributed by atoms with Crippen LogP contribution < -0.4 is 10.1 Å². The first-order valence-corrected chi connectivity index (χ1v) is 7.98. The number of ether oxygens (including phenoxy) is 1. The quantitative estimate of drug-likeness (QED) is 0.941. The van der Waals surface area contributed by atoms with Gasteiger partial charge in [-0.1, -0.05) is 6.07 Å². The zero-order chi connectivity index (χ0) is 16.1. The number of halogens is 1. The van der Waals surface area contributed by atoms with E-state index < -0.39 is 0 Å². The third kappa shape index (κ3) is 3.68. The highest BCUT2D eigenvalue weighted by Gasteiger charge is 2.27. The number of rotatable bonds is 4. The molecule has 3 rings (SSSR count). The van der Waals surface area contributed by atoms with Crippen molar-refractivity contribution in [2.24, 2.45) is 0 Å². The average molecular weight is 315 g/mol. The number of aromatic nitrogens is 1. The summed E-state index contributed by atoms with van der Waals surface area (Å²) in [5, 5.41) is 3.41. The maximum atomic E-state index is 13.9. The first-order chi connectivity index (χ1) is 11.3. The van der Waals surface area contributed by atoms with Gasteiger partial charge in [-0.15, -0.1) is 0 Å².